The molecule has 2 fully saturated rings. The summed E-state index contributed by atoms with van der Waals surface area (Å²) in [6.07, 6.45) is 0.144. The average Bonchev–Trinajstić information content (AvgIpc) is 3.02. The molecule has 0 aromatic heterocycles. The number of amides is 2. The first kappa shape index (κ1) is 20.8. The Balaban J connectivity index is 1.43. The predicted octanol–water partition coefficient (Wildman–Crippen LogP) is 3.65. The van der Waals surface area contributed by atoms with Crippen molar-refractivity contribution < 1.29 is 14.4 Å². The quantitative estimate of drug-likeness (QED) is 0.530. The van der Waals surface area contributed by atoms with E-state index in [1.54, 1.807) is 19.1 Å². The summed E-state index contributed by atoms with van der Waals surface area (Å²) >= 11 is 12.2. The smallest absolute Gasteiger partial charge is 0.251 e. The van der Waals surface area contributed by atoms with E-state index in [4.69, 9.17) is 23.2 Å². The highest BCUT2D eigenvalue weighted by atomic mass is 35.5. The summed E-state index contributed by atoms with van der Waals surface area (Å²) in [6.45, 7) is 4.35. The molecule has 0 radical (unpaired) electrons. The number of piperazine rings is 1. The number of hydrogen-bond acceptors (Lipinski definition) is 5. The molecular formula is C22H21Cl2N3O3. The first-order chi connectivity index (χ1) is 14.3. The number of imide groups is 1. The van der Waals surface area contributed by atoms with Crippen LogP contribution in [0, 0.1) is 0 Å². The third-order valence-electron chi connectivity index (χ3n) is 5.67. The first-order valence-electron chi connectivity index (χ1n) is 9.77. The zero-order chi connectivity index (χ0) is 21.4. The van der Waals surface area contributed by atoms with Crippen molar-refractivity contribution >= 4 is 52.2 Å². The fourth-order valence-corrected chi connectivity index (χ4v) is 4.51. The molecule has 0 spiro atoms. The van der Waals surface area contributed by atoms with E-state index in [0.29, 0.717) is 29.4 Å². The fourth-order valence-electron chi connectivity index (χ4n) is 4.02. The van der Waals surface area contributed by atoms with Gasteiger partial charge in [-0.1, -0.05) is 23.2 Å². The summed E-state index contributed by atoms with van der Waals surface area (Å²) in [5.41, 5.74) is 2.11. The Labute approximate surface area is 184 Å². The van der Waals surface area contributed by atoms with Crippen LogP contribution in [-0.4, -0.2) is 54.7 Å². The monoisotopic (exact) mass is 445 g/mol. The van der Waals surface area contributed by atoms with Gasteiger partial charge in [-0.3, -0.25) is 19.3 Å². The van der Waals surface area contributed by atoms with E-state index in [1.807, 2.05) is 24.3 Å². The Kier molecular flexibility index (Phi) is 5.82. The molecule has 8 heteroatoms. The number of anilines is 2. The molecule has 0 bridgehead atoms. The lowest BCUT2D eigenvalue weighted by atomic mass is 10.1. The molecule has 0 N–H and O–H groups in total. The summed E-state index contributed by atoms with van der Waals surface area (Å²) in [5.74, 6) is -0.457. The van der Waals surface area contributed by atoms with Crippen LogP contribution < -0.4 is 9.80 Å². The Morgan fingerprint density at radius 1 is 0.967 bits per heavy atom. The number of halogens is 2. The Morgan fingerprint density at radius 2 is 1.63 bits per heavy atom. The second-order valence-electron chi connectivity index (χ2n) is 7.51. The molecule has 4 rings (SSSR count). The SMILES string of the molecule is CC(=O)c1ccc(N2CCN(C3CC(=O)N(c4ccc(Cl)cc4Cl)C3=O)CC2)cc1. The number of carbonyl (C=O) groups excluding carboxylic acids is 3. The Morgan fingerprint density at radius 3 is 2.23 bits per heavy atom. The maximum Gasteiger partial charge on any atom is 0.251 e. The minimum Gasteiger partial charge on any atom is -0.369 e. The van der Waals surface area contributed by atoms with Crippen LogP contribution in [0.5, 0.6) is 0 Å². The van der Waals surface area contributed by atoms with Crippen LogP contribution in [0.4, 0.5) is 11.4 Å². The summed E-state index contributed by atoms with van der Waals surface area (Å²) < 4.78 is 0. The lowest BCUT2D eigenvalue weighted by molar-refractivity contribution is -0.123. The van der Waals surface area contributed by atoms with E-state index in [1.165, 1.54) is 11.0 Å². The first-order valence-corrected chi connectivity index (χ1v) is 10.5. The van der Waals surface area contributed by atoms with E-state index in [9.17, 15) is 14.4 Å². The topological polar surface area (TPSA) is 60.9 Å². The van der Waals surface area contributed by atoms with Gasteiger partial charge < -0.3 is 4.90 Å². The van der Waals surface area contributed by atoms with Crippen LogP contribution >= 0.6 is 23.2 Å². The van der Waals surface area contributed by atoms with Gasteiger partial charge in [0.1, 0.15) is 0 Å². The molecule has 0 aliphatic carbocycles. The highest BCUT2D eigenvalue weighted by molar-refractivity contribution is 6.38. The largest absolute Gasteiger partial charge is 0.369 e. The molecule has 6 nitrogen and oxygen atoms in total. The predicted molar refractivity (Wildman–Crippen MR) is 118 cm³/mol. The molecule has 1 unspecified atom stereocenters. The number of hydrogen-bond donors (Lipinski definition) is 0. The van der Waals surface area contributed by atoms with E-state index in [2.05, 4.69) is 9.80 Å². The van der Waals surface area contributed by atoms with Gasteiger partial charge >= 0.3 is 0 Å². The number of Topliss-reactive ketones (excluding diaryl/α,β-unsaturated/α-hetero) is 1. The molecule has 2 aromatic rings. The van der Waals surface area contributed by atoms with Gasteiger partial charge in [0.15, 0.2) is 5.78 Å². The molecule has 1 atom stereocenters. The van der Waals surface area contributed by atoms with Gasteiger partial charge in [0, 0.05) is 42.5 Å². The van der Waals surface area contributed by atoms with Crippen LogP contribution in [0.1, 0.15) is 23.7 Å². The summed E-state index contributed by atoms with van der Waals surface area (Å²) in [5, 5.41) is 0.732. The second-order valence-corrected chi connectivity index (χ2v) is 8.35. The van der Waals surface area contributed by atoms with Gasteiger partial charge in [0.2, 0.25) is 5.91 Å². The highest BCUT2D eigenvalue weighted by Crippen LogP contribution is 2.33. The molecule has 2 aliphatic heterocycles. The molecule has 2 heterocycles. The minimum absolute atomic E-state index is 0.0427. The van der Waals surface area contributed by atoms with Crippen molar-refractivity contribution in [1.29, 1.82) is 0 Å². The second kappa shape index (κ2) is 8.38. The number of ketones is 1. The zero-order valence-electron chi connectivity index (χ0n) is 16.5. The van der Waals surface area contributed by atoms with Gasteiger partial charge in [-0.05, 0) is 49.4 Å². The van der Waals surface area contributed by atoms with Crippen LogP contribution in [0.3, 0.4) is 0 Å². The van der Waals surface area contributed by atoms with Gasteiger partial charge in [-0.25, -0.2) is 4.90 Å². The van der Waals surface area contributed by atoms with Crippen molar-refractivity contribution in [3.63, 3.8) is 0 Å². The van der Waals surface area contributed by atoms with Gasteiger partial charge in [-0.15, -0.1) is 0 Å². The summed E-state index contributed by atoms with van der Waals surface area (Å²) in [7, 11) is 0. The Hall–Kier alpha value is -2.41. The molecule has 2 saturated heterocycles. The highest BCUT2D eigenvalue weighted by Gasteiger charge is 2.44. The summed E-state index contributed by atoms with van der Waals surface area (Å²) in [4.78, 5) is 42.5. The molecule has 30 heavy (non-hydrogen) atoms. The van der Waals surface area contributed by atoms with E-state index in [-0.39, 0.29) is 29.0 Å². The zero-order valence-corrected chi connectivity index (χ0v) is 18.0. The van der Waals surface area contributed by atoms with Crippen LogP contribution in [-0.2, 0) is 9.59 Å². The number of rotatable bonds is 4. The molecule has 2 amide bonds. The lowest BCUT2D eigenvalue weighted by Gasteiger charge is -2.38. The lowest BCUT2D eigenvalue weighted by Crippen LogP contribution is -2.52. The van der Waals surface area contributed by atoms with Gasteiger partial charge in [0.25, 0.3) is 5.91 Å². The van der Waals surface area contributed by atoms with Gasteiger partial charge in [0.05, 0.1) is 23.2 Å². The maximum atomic E-state index is 13.0. The number of benzene rings is 2. The van der Waals surface area contributed by atoms with Crippen LogP contribution in [0.2, 0.25) is 10.0 Å². The Bertz CT molecular complexity index is 1000. The standard InChI is InChI=1S/C22H21Cl2N3O3/c1-14(28)15-2-5-17(6-3-15)25-8-10-26(11-9-25)20-13-21(29)27(22(20)30)19-7-4-16(23)12-18(19)24/h2-7,12,20H,8-11,13H2,1H3. The van der Waals surface area contributed by atoms with Crippen molar-refractivity contribution in [2.45, 2.75) is 19.4 Å². The maximum absolute atomic E-state index is 13.0. The minimum atomic E-state index is -0.480. The van der Waals surface area contributed by atoms with Crippen molar-refractivity contribution in [2.75, 3.05) is 36.0 Å². The normalized spacial score (nSPS) is 20.2. The average molecular weight is 446 g/mol. The fraction of sp³-hybridized carbons (Fsp3) is 0.318. The molecule has 0 saturated carbocycles. The van der Waals surface area contributed by atoms with Crippen molar-refractivity contribution in [3.8, 4) is 0 Å². The molecule has 2 aliphatic rings. The third kappa shape index (κ3) is 3.95. The van der Waals surface area contributed by atoms with Crippen molar-refractivity contribution in [2.24, 2.45) is 0 Å². The molecule has 156 valence electrons. The van der Waals surface area contributed by atoms with E-state index < -0.39 is 6.04 Å². The molecular weight excluding hydrogens is 425 g/mol. The summed E-state index contributed by atoms with van der Waals surface area (Å²) in [6, 6.07) is 11.8. The van der Waals surface area contributed by atoms with E-state index >= 15 is 0 Å². The van der Waals surface area contributed by atoms with Crippen LogP contribution in [0.25, 0.3) is 0 Å². The number of carbonyl (C=O) groups is 3. The van der Waals surface area contributed by atoms with E-state index in [0.717, 1.165) is 18.8 Å². The number of nitrogens with zero attached hydrogens (tertiary/aromatic N) is 3. The van der Waals surface area contributed by atoms with Crippen molar-refractivity contribution in [1.82, 2.24) is 4.90 Å². The van der Waals surface area contributed by atoms with Gasteiger partial charge in [-0.2, -0.15) is 0 Å². The van der Waals surface area contributed by atoms with Crippen molar-refractivity contribution in [3.05, 3.63) is 58.1 Å². The third-order valence-corrected chi connectivity index (χ3v) is 6.21. The molecule has 2 aromatic carbocycles. The van der Waals surface area contributed by atoms with Crippen LogP contribution in [0.15, 0.2) is 42.5 Å².